The number of rotatable bonds is 4. The van der Waals surface area contributed by atoms with E-state index in [1.165, 1.54) is 7.11 Å². The molecule has 13 heavy (non-hydrogen) atoms. The van der Waals surface area contributed by atoms with Crippen molar-refractivity contribution in [2.45, 2.75) is 37.8 Å². The van der Waals surface area contributed by atoms with Gasteiger partial charge in [0.1, 0.15) is 0 Å². The molecule has 4 nitrogen and oxygen atoms in total. The molecule has 0 amide bonds. The normalized spacial score (nSPS) is 27.5. The number of hydrogen-bond donors (Lipinski definition) is 1. The second kappa shape index (κ2) is 5.19. The third kappa shape index (κ3) is 3.32. The Morgan fingerprint density at radius 2 is 2.31 bits per heavy atom. The van der Waals surface area contributed by atoms with Crippen LogP contribution < -0.4 is 5.73 Å². The summed E-state index contributed by atoms with van der Waals surface area (Å²) in [4.78, 5) is 10.7. The Labute approximate surface area is 78.4 Å². The molecule has 0 spiro atoms. The van der Waals surface area contributed by atoms with Crippen LogP contribution in [-0.4, -0.2) is 31.8 Å². The molecular weight excluding hydrogens is 170 g/mol. The van der Waals surface area contributed by atoms with E-state index in [2.05, 4.69) is 4.74 Å². The summed E-state index contributed by atoms with van der Waals surface area (Å²) in [5.41, 5.74) is 5.79. The van der Waals surface area contributed by atoms with E-state index in [-0.39, 0.29) is 18.1 Å². The summed E-state index contributed by atoms with van der Waals surface area (Å²) in [6.45, 7) is 0.422. The van der Waals surface area contributed by atoms with E-state index in [1.54, 1.807) is 0 Å². The maximum Gasteiger partial charge on any atom is 0.307 e. The van der Waals surface area contributed by atoms with Gasteiger partial charge in [0.05, 0.1) is 26.2 Å². The molecule has 1 saturated carbocycles. The lowest BCUT2D eigenvalue weighted by Crippen LogP contribution is -2.31. The highest BCUT2D eigenvalue weighted by molar-refractivity contribution is 5.69. The average molecular weight is 187 g/mol. The van der Waals surface area contributed by atoms with Crippen molar-refractivity contribution in [2.75, 3.05) is 13.7 Å². The van der Waals surface area contributed by atoms with Crippen molar-refractivity contribution in [3.05, 3.63) is 0 Å². The van der Waals surface area contributed by atoms with Crippen molar-refractivity contribution in [2.24, 2.45) is 5.73 Å². The van der Waals surface area contributed by atoms with Crippen LogP contribution in [0.3, 0.4) is 0 Å². The third-order valence-electron chi connectivity index (χ3n) is 2.37. The summed E-state index contributed by atoms with van der Waals surface area (Å²) < 4.78 is 9.95. The quantitative estimate of drug-likeness (QED) is 0.649. The molecule has 0 saturated heterocycles. The van der Waals surface area contributed by atoms with Crippen LogP contribution in [0.15, 0.2) is 0 Å². The van der Waals surface area contributed by atoms with Gasteiger partial charge >= 0.3 is 5.97 Å². The molecule has 1 aliphatic carbocycles. The second-order valence-electron chi connectivity index (χ2n) is 3.33. The van der Waals surface area contributed by atoms with Crippen LogP contribution in [0.25, 0.3) is 0 Å². The first-order valence-electron chi connectivity index (χ1n) is 4.68. The Balaban J connectivity index is 2.08. The first kappa shape index (κ1) is 10.5. The fraction of sp³-hybridized carbons (Fsp3) is 0.889. The lowest BCUT2D eigenvalue weighted by atomic mass is 10.2. The number of esters is 1. The van der Waals surface area contributed by atoms with Gasteiger partial charge in [-0.3, -0.25) is 4.79 Å². The average Bonchev–Trinajstić information content (AvgIpc) is 2.52. The van der Waals surface area contributed by atoms with Gasteiger partial charge in [-0.1, -0.05) is 0 Å². The molecular formula is C9H17NO3. The van der Waals surface area contributed by atoms with E-state index in [0.717, 1.165) is 19.3 Å². The first-order chi connectivity index (χ1) is 6.24. The Morgan fingerprint density at radius 3 is 2.85 bits per heavy atom. The van der Waals surface area contributed by atoms with Crippen LogP contribution >= 0.6 is 0 Å². The molecule has 1 rings (SSSR count). The highest BCUT2D eigenvalue weighted by Gasteiger charge is 2.24. The van der Waals surface area contributed by atoms with Crippen molar-refractivity contribution >= 4 is 5.97 Å². The van der Waals surface area contributed by atoms with Gasteiger partial charge in [-0.25, -0.2) is 0 Å². The van der Waals surface area contributed by atoms with Gasteiger partial charge in [-0.15, -0.1) is 0 Å². The summed E-state index contributed by atoms with van der Waals surface area (Å²) in [6.07, 6.45) is 3.64. The number of hydrogen-bond acceptors (Lipinski definition) is 4. The lowest BCUT2D eigenvalue weighted by Gasteiger charge is -2.15. The van der Waals surface area contributed by atoms with Crippen LogP contribution in [0, 0.1) is 0 Å². The molecule has 0 unspecified atom stereocenters. The van der Waals surface area contributed by atoms with Crippen molar-refractivity contribution in [1.29, 1.82) is 0 Å². The van der Waals surface area contributed by atoms with Crippen molar-refractivity contribution in [1.82, 2.24) is 0 Å². The summed E-state index contributed by atoms with van der Waals surface area (Å²) in [5, 5.41) is 0. The minimum absolute atomic E-state index is 0.143. The van der Waals surface area contributed by atoms with Gasteiger partial charge in [0.2, 0.25) is 0 Å². The number of carbonyl (C=O) groups excluding carboxylic acids is 1. The molecule has 0 aromatic heterocycles. The standard InChI is InChI=1S/C9H17NO3/c1-12-9(11)5-6-13-8-4-2-3-7(8)10/h7-8H,2-6,10H2,1H3/t7-,8-/m1/s1. The highest BCUT2D eigenvalue weighted by Crippen LogP contribution is 2.20. The van der Waals surface area contributed by atoms with Gasteiger partial charge in [0, 0.05) is 6.04 Å². The van der Waals surface area contributed by atoms with Crippen LogP contribution in [0.4, 0.5) is 0 Å². The number of ether oxygens (including phenoxy) is 2. The van der Waals surface area contributed by atoms with Gasteiger partial charge in [0.15, 0.2) is 0 Å². The van der Waals surface area contributed by atoms with E-state index in [0.29, 0.717) is 13.0 Å². The number of carbonyl (C=O) groups is 1. The molecule has 4 heteroatoms. The van der Waals surface area contributed by atoms with Crippen LogP contribution in [-0.2, 0) is 14.3 Å². The Bertz CT molecular complexity index is 172. The summed E-state index contributed by atoms with van der Waals surface area (Å²) in [6, 6.07) is 0.151. The minimum atomic E-state index is -0.230. The number of methoxy groups -OCH3 is 1. The largest absolute Gasteiger partial charge is 0.469 e. The summed E-state index contributed by atoms with van der Waals surface area (Å²) >= 11 is 0. The zero-order valence-electron chi connectivity index (χ0n) is 7.99. The predicted octanol–water partition coefficient (Wildman–Crippen LogP) is 0.446. The maximum absolute atomic E-state index is 10.7. The highest BCUT2D eigenvalue weighted by atomic mass is 16.5. The fourth-order valence-electron chi connectivity index (χ4n) is 1.56. The second-order valence-corrected chi connectivity index (χ2v) is 3.33. The SMILES string of the molecule is COC(=O)CCO[C@@H]1CCC[C@H]1N. The minimum Gasteiger partial charge on any atom is -0.469 e. The zero-order chi connectivity index (χ0) is 9.68. The molecule has 2 N–H and O–H groups in total. The molecule has 76 valence electrons. The van der Waals surface area contributed by atoms with Gasteiger partial charge in [-0.05, 0) is 19.3 Å². The molecule has 1 aliphatic rings. The smallest absolute Gasteiger partial charge is 0.307 e. The topological polar surface area (TPSA) is 61.5 Å². The molecule has 0 heterocycles. The monoisotopic (exact) mass is 187 g/mol. The molecule has 0 bridgehead atoms. The molecule has 2 atom stereocenters. The van der Waals surface area contributed by atoms with Gasteiger partial charge in [-0.2, -0.15) is 0 Å². The third-order valence-corrected chi connectivity index (χ3v) is 2.37. The first-order valence-corrected chi connectivity index (χ1v) is 4.68. The van der Waals surface area contributed by atoms with E-state index in [9.17, 15) is 4.79 Å². The van der Waals surface area contributed by atoms with Crippen molar-refractivity contribution in [3.63, 3.8) is 0 Å². The van der Waals surface area contributed by atoms with Crippen molar-refractivity contribution in [3.8, 4) is 0 Å². The molecule has 0 aliphatic heterocycles. The lowest BCUT2D eigenvalue weighted by molar-refractivity contribution is -0.142. The van der Waals surface area contributed by atoms with Crippen LogP contribution in [0.1, 0.15) is 25.7 Å². The van der Waals surface area contributed by atoms with Gasteiger partial charge < -0.3 is 15.2 Å². The molecule has 0 radical (unpaired) electrons. The molecule has 0 aromatic carbocycles. The fourth-order valence-corrected chi connectivity index (χ4v) is 1.56. The van der Waals surface area contributed by atoms with Crippen LogP contribution in [0.2, 0.25) is 0 Å². The molecule has 0 aromatic rings. The van der Waals surface area contributed by atoms with E-state index in [4.69, 9.17) is 10.5 Å². The van der Waals surface area contributed by atoms with E-state index in [1.807, 2.05) is 0 Å². The van der Waals surface area contributed by atoms with Gasteiger partial charge in [0.25, 0.3) is 0 Å². The predicted molar refractivity (Wildman–Crippen MR) is 48.2 cm³/mol. The maximum atomic E-state index is 10.7. The Morgan fingerprint density at radius 1 is 1.54 bits per heavy atom. The number of nitrogens with two attached hydrogens (primary N) is 1. The van der Waals surface area contributed by atoms with Crippen molar-refractivity contribution < 1.29 is 14.3 Å². The zero-order valence-corrected chi connectivity index (χ0v) is 7.99. The summed E-state index contributed by atoms with van der Waals surface area (Å²) in [7, 11) is 1.38. The summed E-state index contributed by atoms with van der Waals surface area (Å²) in [5.74, 6) is -0.230. The Hall–Kier alpha value is -0.610. The van der Waals surface area contributed by atoms with E-state index >= 15 is 0 Å². The molecule has 1 fully saturated rings. The van der Waals surface area contributed by atoms with Crippen LogP contribution in [0.5, 0.6) is 0 Å². The van der Waals surface area contributed by atoms with E-state index < -0.39 is 0 Å². The Kier molecular flexibility index (Phi) is 4.18.